The van der Waals surface area contributed by atoms with Crippen LogP contribution in [-0.2, 0) is 6.42 Å². The Labute approximate surface area is 191 Å². The summed E-state index contributed by atoms with van der Waals surface area (Å²) in [6.07, 6.45) is 11.7. The van der Waals surface area contributed by atoms with Crippen LogP contribution in [0.4, 0.5) is 8.78 Å². The van der Waals surface area contributed by atoms with Gasteiger partial charge in [0.1, 0.15) is 5.75 Å². The molecule has 1 nitrogen and oxygen atoms in total. The Morgan fingerprint density at radius 2 is 1.28 bits per heavy atom. The van der Waals surface area contributed by atoms with E-state index in [0.29, 0.717) is 0 Å². The van der Waals surface area contributed by atoms with Crippen LogP contribution in [0.1, 0.15) is 63.9 Å². The first-order chi connectivity index (χ1) is 15.7. The molecule has 0 fully saturated rings. The van der Waals surface area contributed by atoms with E-state index in [0.717, 1.165) is 28.7 Å². The molecule has 0 aromatic heterocycles. The maximum atomic E-state index is 12.7. The van der Waals surface area contributed by atoms with Crippen molar-refractivity contribution >= 4 is 0 Å². The number of halogens is 2. The smallest absolute Gasteiger partial charge is 0.387 e. The molecule has 0 spiro atoms. The van der Waals surface area contributed by atoms with Crippen molar-refractivity contribution in [3.63, 3.8) is 0 Å². The third kappa shape index (κ3) is 7.47. The van der Waals surface area contributed by atoms with Gasteiger partial charge in [-0.3, -0.25) is 0 Å². The molecule has 0 saturated heterocycles. The Bertz CT molecular complexity index is 920. The highest BCUT2D eigenvalue weighted by atomic mass is 19.3. The monoisotopic (exact) mass is 436 g/mol. The molecular formula is C29H34F2O. The normalized spacial score (nSPS) is 11.1. The minimum atomic E-state index is -2.83. The third-order valence-electron chi connectivity index (χ3n) is 5.88. The van der Waals surface area contributed by atoms with Crippen molar-refractivity contribution < 1.29 is 13.5 Å². The molecule has 0 atom stereocenters. The van der Waals surface area contributed by atoms with Gasteiger partial charge in [-0.25, -0.2) is 0 Å². The van der Waals surface area contributed by atoms with E-state index >= 15 is 0 Å². The number of hydrogen-bond donors (Lipinski definition) is 0. The molecule has 0 amide bonds. The summed E-state index contributed by atoms with van der Waals surface area (Å²) in [7, 11) is 0. The minimum absolute atomic E-state index is 0.175. The van der Waals surface area contributed by atoms with Gasteiger partial charge in [0.2, 0.25) is 0 Å². The maximum Gasteiger partial charge on any atom is 0.387 e. The highest BCUT2D eigenvalue weighted by Crippen LogP contribution is 2.35. The average molecular weight is 437 g/mol. The van der Waals surface area contributed by atoms with Crippen molar-refractivity contribution in [1.82, 2.24) is 0 Å². The second-order valence-corrected chi connectivity index (χ2v) is 8.37. The first-order valence-electron chi connectivity index (χ1n) is 11.9. The lowest BCUT2D eigenvalue weighted by Crippen LogP contribution is -2.02. The molecule has 3 aromatic carbocycles. The summed E-state index contributed by atoms with van der Waals surface area (Å²) in [6, 6.07) is 23.7. The molecule has 0 bridgehead atoms. The SMILES string of the molecule is CCCCCCCCCCc1ccc(-c2ccc(OC(F)F)cc2-c2ccccc2)cc1. The summed E-state index contributed by atoms with van der Waals surface area (Å²) in [6.45, 7) is -0.579. The lowest BCUT2D eigenvalue weighted by molar-refractivity contribution is -0.0498. The lowest BCUT2D eigenvalue weighted by atomic mass is 9.93. The van der Waals surface area contributed by atoms with E-state index in [4.69, 9.17) is 0 Å². The van der Waals surface area contributed by atoms with Crippen LogP contribution in [0.3, 0.4) is 0 Å². The molecule has 170 valence electrons. The first kappa shape index (κ1) is 24.0. The molecule has 3 heteroatoms. The molecule has 0 unspecified atom stereocenters. The quantitative estimate of drug-likeness (QED) is 0.243. The molecule has 0 heterocycles. The van der Waals surface area contributed by atoms with Gasteiger partial charge in [-0.05, 0) is 52.8 Å². The van der Waals surface area contributed by atoms with Crippen LogP contribution < -0.4 is 4.74 Å². The van der Waals surface area contributed by atoms with Crippen LogP contribution in [0.15, 0.2) is 72.8 Å². The van der Waals surface area contributed by atoms with Crippen LogP contribution in [0.2, 0.25) is 0 Å². The van der Waals surface area contributed by atoms with Crippen LogP contribution in [0, 0.1) is 0 Å². The molecule has 0 aliphatic rings. The Hall–Kier alpha value is -2.68. The Kier molecular flexibility index (Phi) is 9.74. The van der Waals surface area contributed by atoms with Crippen LogP contribution in [0.25, 0.3) is 22.3 Å². The molecule has 0 saturated carbocycles. The number of alkyl halides is 2. The van der Waals surface area contributed by atoms with E-state index < -0.39 is 6.61 Å². The van der Waals surface area contributed by atoms with E-state index in [-0.39, 0.29) is 5.75 Å². The van der Waals surface area contributed by atoms with Crippen LogP contribution in [0.5, 0.6) is 5.75 Å². The lowest BCUT2D eigenvalue weighted by Gasteiger charge is -2.14. The van der Waals surface area contributed by atoms with Gasteiger partial charge >= 0.3 is 6.61 Å². The van der Waals surface area contributed by atoms with Gasteiger partial charge in [-0.1, -0.05) is 113 Å². The van der Waals surface area contributed by atoms with Crippen molar-refractivity contribution in [3.8, 4) is 28.0 Å². The van der Waals surface area contributed by atoms with Gasteiger partial charge in [-0.2, -0.15) is 8.78 Å². The Balaban J connectivity index is 1.65. The first-order valence-corrected chi connectivity index (χ1v) is 11.9. The van der Waals surface area contributed by atoms with Crippen molar-refractivity contribution in [1.29, 1.82) is 0 Å². The van der Waals surface area contributed by atoms with Crippen molar-refractivity contribution in [2.75, 3.05) is 0 Å². The minimum Gasteiger partial charge on any atom is -0.435 e. The largest absolute Gasteiger partial charge is 0.435 e. The number of ether oxygens (including phenoxy) is 1. The zero-order valence-corrected chi connectivity index (χ0v) is 19.0. The zero-order chi connectivity index (χ0) is 22.6. The summed E-state index contributed by atoms with van der Waals surface area (Å²) in [5, 5.41) is 0. The van der Waals surface area contributed by atoms with Gasteiger partial charge in [0.25, 0.3) is 0 Å². The number of aryl methyl sites for hydroxylation is 1. The summed E-state index contributed by atoms with van der Waals surface area (Å²) >= 11 is 0. The highest BCUT2D eigenvalue weighted by molar-refractivity contribution is 5.84. The second kappa shape index (κ2) is 13.0. The number of unbranched alkanes of at least 4 members (excludes halogenated alkanes) is 7. The van der Waals surface area contributed by atoms with Crippen LogP contribution >= 0.6 is 0 Å². The van der Waals surface area contributed by atoms with Crippen molar-refractivity contribution in [2.45, 2.75) is 71.3 Å². The topological polar surface area (TPSA) is 9.23 Å². The fraction of sp³-hybridized carbons (Fsp3) is 0.379. The number of hydrogen-bond acceptors (Lipinski definition) is 1. The second-order valence-electron chi connectivity index (χ2n) is 8.37. The number of benzene rings is 3. The summed E-state index contributed by atoms with van der Waals surface area (Å²) < 4.78 is 30.1. The van der Waals surface area contributed by atoms with E-state index in [1.165, 1.54) is 56.9 Å². The molecule has 0 aliphatic heterocycles. The average Bonchev–Trinajstić information content (AvgIpc) is 2.81. The Morgan fingerprint density at radius 3 is 1.94 bits per heavy atom. The third-order valence-corrected chi connectivity index (χ3v) is 5.88. The van der Waals surface area contributed by atoms with Crippen molar-refractivity contribution in [3.05, 3.63) is 78.4 Å². The van der Waals surface area contributed by atoms with Gasteiger partial charge in [-0.15, -0.1) is 0 Å². The molecule has 3 rings (SSSR count). The van der Waals surface area contributed by atoms with Gasteiger partial charge in [0.15, 0.2) is 0 Å². The van der Waals surface area contributed by atoms with Crippen molar-refractivity contribution in [2.24, 2.45) is 0 Å². The van der Waals surface area contributed by atoms with Crippen LogP contribution in [-0.4, -0.2) is 6.61 Å². The molecule has 0 aliphatic carbocycles. The van der Waals surface area contributed by atoms with E-state index in [1.807, 2.05) is 36.4 Å². The predicted molar refractivity (Wildman–Crippen MR) is 130 cm³/mol. The van der Waals surface area contributed by atoms with Gasteiger partial charge < -0.3 is 4.74 Å². The predicted octanol–water partition coefficient (Wildman–Crippen LogP) is 9.31. The maximum absolute atomic E-state index is 12.7. The summed E-state index contributed by atoms with van der Waals surface area (Å²) in [5.74, 6) is 0.175. The van der Waals surface area contributed by atoms with E-state index in [2.05, 4.69) is 35.9 Å². The molecule has 0 radical (unpaired) electrons. The fourth-order valence-electron chi connectivity index (χ4n) is 4.12. The standard InChI is InChI=1S/C29H34F2O/c1-2-3-4-5-6-7-8-10-13-23-16-18-25(19-17-23)27-21-20-26(32-29(30)31)22-28(27)24-14-11-9-12-15-24/h9,11-12,14-22,29H,2-8,10,13H2,1H3. The summed E-state index contributed by atoms with van der Waals surface area (Å²) in [4.78, 5) is 0. The molecule has 0 N–H and O–H groups in total. The molecule has 32 heavy (non-hydrogen) atoms. The molecular weight excluding hydrogens is 402 g/mol. The van der Waals surface area contributed by atoms with Gasteiger partial charge in [0, 0.05) is 0 Å². The zero-order valence-electron chi connectivity index (χ0n) is 19.0. The summed E-state index contributed by atoms with van der Waals surface area (Å²) in [5.41, 5.74) is 5.30. The van der Waals surface area contributed by atoms with E-state index in [1.54, 1.807) is 12.1 Å². The van der Waals surface area contributed by atoms with Gasteiger partial charge in [0.05, 0.1) is 0 Å². The Morgan fingerprint density at radius 1 is 0.656 bits per heavy atom. The fourth-order valence-corrected chi connectivity index (χ4v) is 4.12. The van der Waals surface area contributed by atoms with E-state index in [9.17, 15) is 8.78 Å². The highest BCUT2D eigenvalue weighted by Gasteiger charge is 2.12. The number of rotatable bonds is 13. The molecule has 3 aromatic rings.